The average Bonchev–Trinajstić information content (AvgIpc) is 2.32. The number of halogens is 1. The van der Waals surface area contributed by atoms with Crippen molar-refractivity contribution >= 4 is 24.0 Å². The van der Waals surface area contributed by atoms with Crippen LogP contribution in [-0.4, -0.2) is 35.0 Å². The molecular formula is C14H18ClNO4. The standard InChI is InChI=1S/C14H18ClNO4/c1-14(2,3)20-13(19)16(4)11(8-17)9-5-6-12(18)10(15)7-9/h5-8,11,18H,1-4H3. The molecule has 0 heterocycles. The Morgan fingerprint density at radius 2 is 2.05 bits per heavy atom. The number of carbonyl (C=O) groups is 2. The quantitative estimate of drug-likeness (QED) is 0.871. The number of carbonyl (C=O) groups excluding carboxylic acids is 2. The van der Waals surface area contributed by atoms with Crippen LogP contribution in [0.2, 0.25) is 5.02 Å². The highest BCUT2D eigenvalue weighted by Crippen LogP contribution is 2.28. The van der Waals surface area contributed by atoms with Crippen LogP contribution in [0.15, 0.2) is 18.2 Å². The van der Waals surface area contributed by atoms with Gasteiger partial charge in [0, 0.05) is 7.05 Å². The first-order valence-corrected chi connectivity index (χ1v) is 6.43. The number of nitrogens with zero attached hydrogens (tertiary/aromatic N) is 1. The van der Waals surface area contributed by atoms with Crippen molar-refractivity contribution in [1.29, 1.82) is 0 Å². The highest BCUT2D eigenvalue weighted by atomic mass is 35.5. The van der Waals surface area contributed by atoms with Crippen molar-refractivity contribution in [2.24, 2.45) is 0 Å². The summed E-state index contributed by atoms with van der Waals surface area (Å²) in [5.74, 6) is -0.0833. The summed E-state index contributed by atoms with van der Waals surface area (Å²) in [6, 6.07) is 3.51. The second-order valence-corrected chi connectivity index (χ2v) is 5.79. The van der Waals surface area contributed by atoms with E-state index in [9.17, 15) is 14.7 Å². The SMILES string of the molecule is CN(C(=O)OC(C)(C)C)C(C=O)c1ccc(O)c(Cl)c1. The number of aromatic hydroxyl groups is 1. The van der Waals surface area contributed by atoms with Gasteiger partial charge in [-0.25, -0.2) is 4.79 Å². The maximum Gasteiger partial charge on any atom is 0.410 e. The summed E-state index contributed by atoms with van der Waals surface area (Å²) in [5.41, 5.74) is -0.151. The second-order valence-electron chi connectivity index (χ2n) is 5.38. The molecule has 1 aromatic rings. The van der Waals surface area contributed by atoms with E-state index in [1.54, 1.807) is 20.8 Å². The molecule has 0 saturated heterocycles. The summed E-state index contributed by atoms with van der Waals surface area (Å²) < 4.78 is 5.20. The fourth-order valence-corrected chi connectivity index (χ4v) is 1.74. The lowest BCUT2D eigenvalue weighted by Crippen LogP contribution is -2.37. The molecule has 110 valence electrons. The maximum absolute atomic E-state index is 11.9. The summed E-state index contributed by atoms with van der Waals surface area (Å²) in [4.78, 5) is 24.4. The third kappa shape index (κ3) is 4.13. The van der Waals surface area contributed by atoms with Crippen LogP contribution in [0.25, 0.3) is 0 Å². The van der Waals surface area contributed by atoms with Crippen molar-refractivity contribution in [3.8, 4) is 5.75 Å². The summed E-state index contributed by atoms with van der Waals surface area (Å²) in [5, 5.41) is 9.49. The molecule has 0 aromatic heterocycles. The van der Waals surface area contributed by atoms with Gasteiger partial charge in [-0.15, -0.1) is 0 Å². The molecule has 0 spiro atoms. The van der Waals surface area contributed by atoms with Gasteiger partial charge in [0.2, 0.25) is 0 Å². The van der Waals surface area contributed by atoms with E-state index in [1.165, 1.54) is 30.1 Å². The number of aldehydes is 1. The highest BCUT2D eigenvalue weighted by Gasteiger charge is 2.26. The zero-order chi connectivity index (χ0) is 15.5. The number of phenolic OH excluding ortho intramolecular Hbond substituents is 1. The molecular weight excluding hydrogens is 282 g/mol. The Morgan fingerprint density at radius 1 is 1.45 bits per heavy atom. The van der Waals surface area contributed by atoms with Crippen LogP contribution in [0.1, 0.15) is 32.4 Å². The number of likely N-dealkylation sites (N-methyl/N-ethyl adjacent to an activating group) is 1. The molecule has 0 aliphatic heterocycles. The molecule has 6 heteroatoms. The number of rotatable bonds is 3. The Kier molecular flexibility index (Phi) is 5.00. The molecule has 1 rings (SSSR count). The largest absolute Gasteiger partial charge is 0.506 e. The highest BCUT2D eigenvalue weighted by molar-refractivity contribution is 6.32. The lowest BCUT2D eigenvalue weighted by atomic mass is 10.1. The van der Waals surface area contributed by atoms with Crippen LogP contribution in [-0.2, 0) is 9.53 Å². The van der Waals surface area contributed by atoms with Crippen molar-refractivity contribution in [2.45, 2.75) is 32.4 Å². The molecule has 0 bridgehead atoms. The van der Waals surface area contributed by atoms with E-state index in [0.29, 0.717) is 11.8 Å². The van der Waals surface area contributed by atoms with E-state index >= 15 is 0 Å². The molecule has 1 N–H and O–H groups in total. The van der Waals surface area contributed by atoms with Gasteiger partial charge in [0.25, 0.3) is 0 Å². The van der Waals surface area contributed by atoms with Gasteiger partial charge < -0.3 is 14.6 Å². The van der Waals surface area contributed by atoms with Crippen molar-refractivity contribution in [3.05, 3.63) is 28.8 Å². The Balaban J connectivity index is 2.97. The number of benzene rings is 1. The Bertz CT molecular complexity index is 510. The number of ether oxygens (including phenoxy) is 1. The van der Waals surface area contributed by atoms with Gasteiger partial charge in [0.15, 0.2) is 0 Å². The molecule has 1 atom stereocenters. The molecule has 5 nitrogen and oxygen atoms in total. The van der Waals surface area contributed by atoms with E-state index in [0.717, 1.165) is 0 Å². The Morgan fingerprint density at radius 3 is 2.50 bits per heavy atom. The summed E-state index contributed by atoms with van der Waals surface area (Å²) >= 11 is 5.80. The van der Waals surface area contributed by atoms with Crippen LogP contribution < -0.4 is 0 Å². The zero-order valence-corrected chi connectivity index (χ0v) is 12.6. The average molecular weight is 300 g/mol. The zero-order valence-electron chi connectivity index (χ0n) is 11.9. The van der Waals surface area contributed by atoms with Gasteiger partial charge in [-0.05, 0) is 38.5 Å². The minimum absolute atomic E-state index is 0.0833. The Labute approximate surface area is 123 Å². The number of phenols is 1. The minimum Gasteiger partial charge on any atom is -0.506 e. The van der Waals surface area contributed by atoms with Crippen molar-refractivity contribution < 1.29 is 19.4 Å². The molecule has 0 aliphatic rings. The van der Waals surface area contributed by atoms with E-state index in [-0.39, 0.29) is 10.8 Å². The van der Waals surface area contributed by atoms with Gasteiger partial charge in [0.05, 0.1) is 5.02 Å². The molecule has 1 aromatic carbocycles. The smallest absolute Gasteiger partial charge is 0.410 e. The summed E-state index contributed by atoms with van der Waals surface area (Å²) in [7, 11) is 1.47. The lowest BCUT2D eigenvalue weighted by molar-refractivity contribution is -0.112. The molecule has 1 amide bonds. The molecule has 0 aliphatic carbocycles. The molecule has 0 fully saturated rings. The van der Waals surface area contributed by atoms with Crippen molar-refractivity contribution in [1.82, 2.24) is 4.90 Å². The van der Waals surface area contributed by atoms with Gasteiger partial charge in [-0.2, -0.15) is 0 Å². The van der Waals surface area contributed by atoms with E-state index in [1.807, 2.05) is 0 Å². The first-order valence-electron chi connectivity index (χ1n) is 6.05. The van der Waals surface area contributed by atoms with E-state index < -0.39 is 17.7 Å². The number of hydrogen-bond acceptors (Lipinski definition) is 4. The predicted octanol–water partition coefficient (Wildman–Crippen LogP) is 3.15. The van der Waals surface area contributed by atoms with Gasteiger partial charge >= 0.3 is 6.09 Å². The minimum atomic E-state index is -0.831. The van der Waals surface area contributed by atoms with Crippen LogP contribution in [0, 0.1) is 0 Å². The number of amides is 1. The predicted molar refractivity (Wildman–Crippen MR) is 75.9 cm³/mol. The third-order valence-corrected chi connectivity index (χ3v) is 2.84. The summed E-state index contributed by atoms with van der Waals surface area (Å²) in [6.07, 6.45) is 0.00546. The monoisotopic (exact) mass is 299 g/mol. The van der Waals surface area contributed by atoms with Gasteiger partial charge in [0.1, 0.15) is 23.7 Å². The second kappa shape index (κ2) is 6.13. The summed E-state index contributed by atoms with van der Waals surface area (Å²) in [6.45, 7) is 5.23. The first kappa shape index (κ1) is 16.3. The third-order valence-electron chi connectivity index (χ3n) is 2.54. The molecule has 1 unspecified atom stereocenters. The van der Waals surface area contributed by atoms with Gasteiger partial charge in [-0.3, -0.25) is 4.90 Å². The fourth-order valence-electron chi connectivity index (χ4n) is 1.55. The fraction of sp³-hybridized carbons (Fsp3) is 0.429. The molecule has 0 radical (unpaired) electrons. The number of hydrogen-bond donors (Lipinski definition) is 1. The van der Waals surface area contributed by atoms with Crippen LogP contribution in [0.5, 0.6) is 5.75 Å². The van der Waals surface area contributed by atoms with Gasteiger partial charge in [-0.1, -0.05) is 17.7 Å². The molecule has 20 heavy (non-hydrogen) atoms. The van der Waals surface area contributed by atoms with Crippen LogP contribution in [0.4, 0.5) is 4.79 Å². The van der Waals surface area contributed by atoms with E-state index in [4.69, 9.17) is 16.3 Å². The molecule has 0 saturated carbocycles. The maximum atomic E-state index is 11.9. The van der Waals surface area contributed by atoms with Crippen molar-refractivity contribution in [3.63, 3.8) is 0 Å². The topological polar surface area (TPSA) is 66.8 Å². The Hall–Kier alpha value is -1.75. The van der Waals surface area contributed by atoms with Crippen LogP contribution in [0.3, 0.4) is 0 Å². The van der Waals surface area contributed by atoms with E-state index in [2.05, 4.69) is 0 Å². The van der Waals surface area contributed by atoms with Crippen molar-refractivity contribution in [2.75, 3.05) is 7.05 Å². The first-order chi connectivity index (χ1) is 9.15. The van der Waals surface area contributed by atoms with Crippen LogP contribution >= 0.6 is 11.6 Å². The normalized spacial score (nSPS) is 12.7. The lowest BCUT2D eigenvalue weighted by Gasteiger charge is -2.28.